The molecule has 0 saturated heterocycles. The maximum Gasteiger partial charge on any atom is 0.213 e. The third kappa shape index (κ3) is 6.69. The van der Waals surface area contributed by atoms with Gasteiger partial charge in [0.15, 0.2) is 5.96 Å². The first kappa shape index (κ1) is 17.9. The normalized spacial score (nSPS) is 15.4. The van der Waals surface area contributed by atoms with Crippen molar-refractivity contribution in [2.75, 3.05) is 26.5 Å². The summed E-state index contributed by atoms with van der Waals surface area (Å²) >= 11 is 1.84. The molecule has 1 aromatic rings. The fourth-order valence-electron chi connectivity index (χ4n) is 1.86. The molecule has 0 bridgehead atoms. The third-order valence-corrected chi connectivity index (χ3v) is 5.13. The molecule has 128 valence electrons. The Morgan fingerprint density at radius 2 is 2.17 bits per heavy atom. The largest absolute Gasteiger partial charge is 0.477 e. The molecule has 2 N–H and O–H groups in total. The van der Waals surface area contributed by atoms with Gasteiger partial charge in [-0.1, -0.05) is 6.07 Å². The SMILES string of the molecule is CN=C(NCc1ccc(OCC2CC2)nc1)NCC(C)(C)SC. The van der Waals surface area contributed by atoms with E-state index in [9.17, 15) is 0 Å². The zero-order valence-corrected chi connectivity index (χ0v) is 15.4. The first-order valence-corrected chi connectivity index (χ1v) is 9.32. The van der Waals surface area contributed by atoms with Crippen LogP contribution in [0.2, 0.25) is 0 Å². The average molecular weight is 337 g/mol. The van der Waals surface area contributed by atoms with Crippen LogP contribution >= 0.6 is 11.8 Å². The molecule has 1 fully saturated rings. The lowest BCUT2D eigenvalue weighted by atomic mass is 10.2. The van der Waals surface area contributed by atoms with E-state index in [0.29, 0.717) is 12.4 Å². The van der Waals surface area contributed by atoms with E-state index in [1.807, 2.05) is 30.1 Å². The first-order chi connectivity index (χ1) is 11.0. The fourth-order valence-corrected chi connectivity index (χ4v) is 2.08. The van der Waals surface area contributed by atoms with Crippen LogP contribution in [0.25, 0.3) is 0 Å². The number of rotatable bonds is 8. The molecule has 6 heteroatoms. The molecule has 0 aromatic carbocycles. The van der Waals surface area contributed by atoms with E-state index in [4.69, 9.17) is 4.74 Å². The molecule has 0 spiro atoms. The van der Waals surface area contributed by atoms with Gasteiger partial charge in [0.1, 0.15) is 0 Å². The minimum atomic E-state index is 0.180. The molecule has 1 saturated carbocycles. The molecular formula is C17H28N4OS. The van der Waals surface area contributed by atoms with Gasteiger partial charge in [-0.25, -0.2) is 4.98 Å². The van der Waals surface area contributed by atoms with Crippen LogP contribution in [-0.2, 0) is 6.54 Å². The second kappa shape index (κ2) is 8.43. The van der Waals surface area contributed by atoms with Gasteiger partial charge in [-0.15, -0.1) is 0 Å². The van der Waals surface area contributed by atoms with Gasteiger partial charge >= 0.3 is 0 Å². The van der Waals surface area contributed by atoms with Crippen LogP contribution in [0.1, 0.15) is 32.3 Å². The highest BCUT2D eigenvalue weighted by atomic mass is 32.2. The minimum Gasteiger partial charge on any atom is -0.477 e. The Morgan fingerprint density at radius 1 is 1.39 bits per heavy atom. The zero-order valence-electron chi connectivity index (χ0n) is 14.6. The fraction of sp³-hybridized carbons (Fsp3) is 0.647. The second-order valence-corrected chi connectivity index (χ2v) is 8.02. The summed E-state index contributed by atoms with van der Waals surface area (Å²) < 4.78 is 5.83. The van der Waals surface area contributed by atoms with E-state index in [1.54, 1.807) is 7.05 Å². The molecule has 23 heavy (non-hydrogen) atoms. The summed E-state index contributed by atoms with van der Waals surface area (Å²) in [5.74, 6) is 2.27. The van der Waals surface area contributed by atoms with E-state index in [1.165, 1.54) is 12.8 Å². The van der Waals surface area contributed by atoms with Crippen LogP contribution in [-0.4, -0.2) is 42.1 Å². The molecule has 1 heterocycles. The number of nitrogens with zero attached hydrogens (tertiary/aromatic N) is 2. The van der Waals surface area contributed by atoms with Gasteiger partial charge in [-0.3, -0.25) is 4.99 Å². The van der Waals surface area contributed by atoms with E-state index in [-0.39, 0.29) is 4.75 Å². The number of hydrogen-bond acceptors (Lipinski definition) is 4. The Kier molecular flexibility index (Phi) is 6.57. The topological polar surface area (TPSA) is 58.5 Å². The van der Waals surface area contributed by atoms with Crippen molar-refractivity contribution in [3.05, 3.63) is 23.9 Å². The summed E-state index contributed by atoms with van der Waals surface area (Å²) in [5, 5.41) is 6.67. The van der Waals surface area contributed by atoms with Gasteiger partial charge in [0.2, 0.25) is 5.88 Å². The summed E-state index contributed by atoms with van der Waals surface area (Å²) in [6, 6.07) is 3.98. The second-order valence-electron chi connectivity index (χ2n) is 6.50. The van der Waals surface area contributed by atoms with E-state index >= 15 is 0 Å². The van der Waals surface area contributed by atoms with Crippen LogP contribution in [0.3, 0.4) is 0 Å². The van der Waals surface area contributed by atoms with Crippen LogP contribution in [0.4, 0.5) is 0 Å². The molecule has 0 amide bonds. The van der Waals surface area contributed by atoms with Crippen molar-refractivity contribution in [2.45, 2.75) is 38.0 Å². The van der Waals surface area contributed by atoms with Gasteiger partial charge in [0, 0.05) is 37.1 Å². The van der Waals surface area contributed by atoms with Crippen molar-refractivity contribution in [3.8, 4) is 5.88 Å². The summed E-state index contributed by atoms with van der Waals surface area (Å²) in [5.41, 5.74) is 1.11. The van der Waals surface area contributed by atoms with Gasteiger partial charge in [-0.2, -0.15) is 11.8 Å². The molecule has 0 atom stereocenters. The molecular weight excluding hydrogens is 308 g/mol. The number of pyridine rings is 1. The summed E-state index contributed by atoms with van der Waals surface area (Å²) in [4.78, 5) is 8.61. The molecule has 0 radical (unpaired) electrons. The third-order valence-electron chi connectivity index (χ3n) is 3.88. The van der Waals surface area contributed by atoms with Crippen molar-refractivity contribution in [3.63, 3.8) is 0 Å². The predicted octanol–water partition coefficient (Wildman–Crippen LogP) is 2.68. The highest BCUT2D eigenvalue weighted by Crippen LogP contribution is 2.29. The lowest BCUT2D eigenvalue weighted by Crippen LogP contribution is -2.42. The number of hydrogen-bond donors (Lipinski definition) is 2. The Morgan fingerprint density at radius 3 is 2.74 bits per heavy atom. The standard InChI is InChI=1S/C17H28N4OS/c1-17(2,23-4)12-21-16(18-3)20-10-14-7-8-15(19-9-14)22-11-13-5-6-13/h7-9,13H,5-6,10-12H2,1-4H3,(H2,18,20,21). The van der Waals surface area contributed by atoms with Gasteiger partial charge in [0.25, 0.3) is 0 Å². The monoisotopic (exact) mass is 336 g/mol. The average Bonchev–Trinajstić information content (AvgIpc) is 3.38. The van der Waals surface area contributed by atoms with E-state index < -0.39 is 0 Å². The molecule has 2 rings (SSSR count). The van der Waals surface area contributed by atoms with Crippen LogP contribution < -0.4 is 15.4 Å². The first-order valence-electron chi connectivity index (χ1n) is 8.10. The van der Waals surface area contributed by atoms with Crippen molar-refractivity contribution in [2.24, 2.45) is 10.9 Å². The summed E-state index contributed by atoms with van der Waals surface area (Å²) in [6.45, 7) is 6.77. The Hall–Kier alpha value is -1.43. The van der Waals surface area contributed by atoms with E-state index in [2.05, 4.69) is 40.7 Å². The number of thioether (sulfide) groups is 1. The van der Waals surface area contributed by atoms with Crippen LogP contribution in [0.5, 0.6) is 5.88 Å². The van der Waals surface area contributed by atoms with Crippen molar-refractivity contribution in [1.82, 2.24) is 15.6 Å². The van der Waals surface area contributed by atoms with Crippen molar-refractivity contribution < 1.29 is 4.74 Å². The Balaban J connectivity index is 1.74. The molecule has 0 unspecified atom stereocenters. The zero-order chi connectivity index (χ0) is 16.7. The Labute approximate surface area is 143 Å². The minimum absolute atomic E-state index is 0.180. The highest BCUT2D eigenvalue weighted by molar-refractivity contribution is 7.99. The summed E-state index contributed by atoms with van der Waals surface area (Å²) in [6.07, 6.45) is 6.56. The van der Waals surface area contributed by atoms with Gasteiger partial charge in [-0.05, 0) is 44.4 Å². The number of aliphatic imine (C=N–C) groups is 1. The Bertz CT molecular complexity index is 512. The lowest BCUT2D eigenvalue weighted by Gasteiger charge is -2.23. The molecule has 0 aliphatic heterocycles. The lowest BCUT2D eigenvalue weighted by molar-refractivity contribution is 0.288. The quantitative estimate of drug-likeness (QED) is 0.565. The van der Waals surface area contributed by atoms with Crippen LogP contribution in [0.15, 0.2) is 23.3 Å². The number of aromatic nitrogens is 1. The van der Waals surface area contributed by atoms with Crippen molar-refractivity contribution in [1.29, 1.82) is 0 Å². The van der Waals surface area contributed by atoms with Gasteiger partial charge < -0.3 is 15.4 Å². The summed E-state index contributed by atoms with van der Waals surface area (Å²) in [7, 11) is 1.79. The van der Waals surface area contributed by atoms with Crippen molar-refractivity contribution >= 4 is 17.7 Å². The maximum absolute atomic E-state index is 5.65. The predicted molar refractivity (Wildman–Crippen MR) is 98.3 cm³/mol. The number of ether oxygens (including phenoxy) is 1. The molecule has 1 aliphatic rings. The maximum atomic E-state index is 5.65. The molecule has 5 nitrogen and oxygen atoms in total. The number of nitrogens with one attached hydrogen (secondary N) is 2. The van der Waals surface area contributed by atoms with E-state index in [0.717, 1.165) is 30.6 Å². The highest BCUT2D eigenvalue weighted by Gasteiger charge is 2.22. The molecule has 1 aromatic heterocycles. The van der Waals surface area contributed by atoms with Gasteiger partial charge in [0.05, 0.1) is 6.61 Å². The van der Waals surface area contributed by atoms with Crippen LogP contribution in [0, 0.1) is 5.92 Å². The smallest absolute Gasteiger partial charge is 0.213 e. The number of guanidine groups is 1. The molecule has 1 aliphatic carbocycles.